The number of benzene rings is 2. The third-order valence-electron chi connectivity index (χ3n) is 6.08. The molecule has 0 spiro atoms. The molecule has 0 bridgehead atoms. The monoisotopic (exact) mass is 413 g/mol. The van der Waals surface area contributed by atoms with Crippen LogP contribution in [0.15, 0.2) is 36.4 Å². The molecule has 5 nitrogen and oxygen atoms in total. The highest BCUT2D eigenvalue weighted by atomic mass is 16.5. The van der Waals surface area contributed by atoms with E-state index in [2.05, 4.69) is 59.0 Å². The standard InChI is InChI=1S/C25H35NO4/c1-8-24(3,4)17-10-12-21(19(14-17)25(5,6)9-2)30-16-23(28)26-18-11-13-22(29-7)20(27)15-18/h10-15,27H,8-9,16H2,1-7H3,(H,26,28). The molecule has 1 amide bonds. The van der Waals surface area contributed by atoms with Gasteiger partial charge in [0.1, 0.15) is 5.75 Å². The Hall–Kier alpha value is -2.69. The molecular weight excluding hydrogens is 378 g/mol. The number of phenolic OH excluding ortho intramolecular Hbond substituents is 1. The predicted octanol–water partition coefficient (Wildman–Crippen LogP) is 5.79. The van der Waals surface area contributed by atoms with E-state index in [4.69, 9.17) is 9.47 Å². The van der Waals surface area contributed by atoms with Crippen LogP contribution in [0, 0.1) is 0 Å². The third kappa shape index (κ3) is 5.47. The third-order valence-corrected chi connectivity index (χ3v) is 6.08. The molecule has 0 saturated heterocycles. The van der Waals surface area contributed by atoms with Crippen molar-refractivity contribution < 1.29 is 19.4 Å². The van der Waals surface area contributed by atoms with Crippen molar-refractivity contribution in [3.8, 4) is 17.2 Å². The Bertz CT molecular complexity index is 887. The number of carbonyl (C=O) groups is 1. The second-order valence-electron chi connectivity index (χ2n) is 8.91. The summed E-state index contributed by atoms with van der Waals surface area (Å²) in [6.07, 6.45) is 1.99. The van der Waals surface area contributed by atoms with E-state index in [1.165, 1.54) is 18.7 Å². The van der Waals surface area contributed by atoms with Crippen molar-refractivity contribution in [2.45, 2.75) is 65.2 Å². The molecule has 0 saturated carbocycles. The van der Waals surface area contributed by atoms with Gasteiger partial charge in [0.15, 0.2) is 18.1 Å². The van der Waals surface area contributed by atoms with Crippen molar-refractivity contribution in [1.29, 1.82) is 0 Å². The van der Waals surface area contributed by atoms with Crippen molar-refractivity contribution in [3.63, 3.8) is 0 Å². The first-order chi connectivity index (χ1) is 14.0. The molecule has 0 heterocycles. The molecule has 2 aromatic carbocycles. The molecule has 0 unspecified atom stereocenters. The Morgan fingerprint density at radius 3 is 2.17 bits per heavy atom. The molecule has 2 rings (SSSR count). The number of phenols is 1. The second-order valence-corrected chi connectivity index (χ2v) is 8.91. The lowest BCUT2D eigenvalue weighted by Gasteiger charge is -2.30. The summed E-state index contributed by atoms with van der Waals surface area (Å²) in [7, 11) is 1.48. The zero-order valence-electron chi connectivity index (χ0n) is 19.3. The van der Waals surface area contributed by atoms with E-state index >= 15 is 0 Å². The van der Waals surface area contributed by atoms with Gasteiger partial charge in [-0.25, -0.2) is 0 Å². The van der Waals surface area contributed by atoms with E-state index in [9.17, 15) is 9.90 Å². The minimum Gasteiger partial charge on any atom is -0.504 e. The van der Waals surface area contributed by atoms with Crippen molar-refractivity contribution in [2.24, 2.45) is 0 Å². The van der Waals surface area contributed by atoms with Crippen LogP contribution in [0.1, 0.15) is 65.5 Å². The van der Waals surface area contributed by atoms with Gasteiger partial charge < -0.3 is 19.9 Å². The van der Waals surface area contributed by atoms with E-state index in [0.717, 1.165) is 24.2 Å². The summed E-state index contributed by atoms with van der Waals surface area (Å²) in [6, 6.07) is 11.0. The van der Waals surface area contributed by atoms with Crippen LogP contribution in [0.5, 0.6) is 17.2 Å². The molecule has 30 heavy (non-hydrogen) atoms. The number of anilines is 1. The summed E-state index contributed by atoms with van der Waals surface area (Å²) in [6.45, 7) is 13.1. The van der Waals surface area contributed by atoms with Crippen LogP contribution in [0.2, 0.25) is 0 Å². The van der Waals surface area contributed by atoms with E-state index in [1.54, 1.807) is 12.1 Å². The SMILES string of the molecule is CCC(C)(C)c1ccc(OCC(=O)Nc2ccc(OC)c(O)c2)c(C(C)(C)CC)c1. The zero-order valence-corrected chi connectivity index (χ0v) is 19.3. The topological polar surface area (TPSA) is 67.8 Å². The molecule has 0 atom stereocenters. The van der Waals surface area contributed by atoms with Gasteiger partial charge >= 0.3 is 0 Å². The molecule has 164 valence electrons. The first kappa shape index (κ1) is 23.6. The summed E-state index contributed by atoms with van der Waals surface area (Å²) >= 11 is 0. The van der Waals surface area contributed by atoms with E-state index in [0.29, 0.717) is 11.4 Å². The Balaban J connectivity index is 2.19. The molecule has 0 aromatic heterocycles. The van der Waals surface area contributed by atoms with Crippen molar-refractivity contribution in [2.75, 3.05) is 19.0 Å². The minimum atomic E-state index is -0.294. The van der Waals surface area contributed by atoms with Crippen LogP contribution in [-0.4, -0.2) is 24.7 Å². The molecule has 5 heteroatoms. The van der Waals surface area contributed by atoms with Gasteiger partial charge in [0.05, 0.1) is 7.11 Å². The number of methoxy groups -OCH3 is 1. The van der Waals surface area contributed by atoms with Crippen LogP contribution in [0.4, 0.5) is 5.69 Å². The Labute approximate surface area is 180 Å². The lowest BCUT2D eigenvalue weighted by atomic mass is 9.76. The number of aromatic hydroxyl groups is 1. The largest absolute Gasteiger partial charge is 0.504 e. The maximum absolute atomic E-state index is 12.4. The summed E-state index contributed by atoms with van der Waals surface area (Å²) in [5, 5.41) is 12.6. The number of hydrogen-bond acceptors (Lipinski definition) is 4. The van der Waals surface area contributed by atoms with Crippen LogP contribution in [-0.2, 0) is 15.6 Å². The van der Waals surface area contributed by atoms with E-state index in [-0.39, 0.29) is 29.1 Å². The van der Waals surface area contributed by atoms with Gasteiger partial charge in [-0.15, -0.1) is 0 Å². The first-order valence-corrected chi connectivity index (χ1v) is 10.5. The minimum absolute atomic E-state index is 0.0303. The van der Waals surface area contributed by atoms with Gasteiger partial charge in [0, 0.05) is 17.3 Å². The van der Waals surface area contributed by atoms with Gasteiger partial charge in [0.25, 0.3) is 5.91 Å². The van der Waals surface area contributed by atoms with Crippen LogP contribution < -0.4 is 14.8 Å². The second kappa shape index (κ2) is 9.41. The van der Waals surface area contributed by atoms with Crippen LogP contribution in [0.25, 0.3) is 0 Å². The average molecular weight is 414 g/mol. The van der Waals surface area contributed by atoms with Gasteiger partial charge in [-0.1, -0.05) is 53.7 Å². The number of hydrogen-bond donors (Lipinski definition) is 2. The summed E-state index contributed by atoms with van der Waals surface area (Å²) in [4.78, 5) is 12.4. The maximum atomic E-state index is 12.4. The molecule has 0 aliphatic carbocycles. The molecule has 0 fully saturated rings. The number of ether oxygens (including phenoxy) is 2. The van der Waals surface area contributed by atoms with Crippen molar-refractivity contribution in [1.82, 2.24) is 0 Å². The molecular formula is C25H35NO4. The zero-order chi connectivity index (χ0) is 22.5. The molecule has 0 radical (unpaired) electrons. The number of nitrogens with one attached hydrogen (secondary N) is 1. The van der Waals surface area contributed by atoms with E-state index < -0.39 is 0 Å². The highest BCUT2D eigenvalue weighted by molar-refractivity contribution is 5.92. The predicted molar refractivity (Wildman–Crippen MR) is 122 cm³/mol. The van der Waals surface area contributed by atoms with Crippen LogP contribution >= 0.6 is 0 Å². The number of rotatable bonds is 9. The summed E-state index contributed by atoms with van der Waals surface area (Å²) < 4.78 is 11.0. The quantitative estimate of drug-likeness (QED) is 0.546. The number of carbonyl (C=O) groups excluding carboxylic acids is 1. The molecule has 2 N–H and O–H groups in total. The Kier molecular flexibility index (Phi) is 7.40. The van der Waals surface area contributed by atoms with E-state index in [1.807, 2.05) is 6.07 Å². The summed E-state index contributed by atoms with van der Waals surface area (Å²) in [5.74, 6) is 0.756. The highest BCUT2D eigenvalue weighted by Gasteiger charge is 2.26. The fraction of sp³-hybridized carbons (Fsp3) is 0.480. The molecule has 0 aliphatic rings. The maximum Gasteiger partial charge on any atom is 0.262 e. The smallest absolute Gasteiger partial charge is 0.262 e. The fourth-order valence-electron chi connectivity index (χ4n) is 3.11. The normalized spacial score (nSPS) is 11.8. The van der Waals surface area contributed by atoms with Gasteiger partial charge in [-0.05, 0) is 47.4 Å². The molecule has 2 aromatic rings. The van der Waals surface area contributed by atoms with Gasteiger partial charge in [0.2, 0.25) is 0 Å². The van der Waals surface area contributed by atoms with Crippen molar-refractivity contribution >= 4 is 11.6 Å². The Morgan fingerprint density at radius 2 is 1.60 bits per heavy atom. The summed E-state index contributed by atoms with van der Waals surface area (Å²) in [5.41, 5.74) is 2.86. The van der Waals surface area contributed by atoms with Crippen LogP contribution in [0.3, 0.4) is 0 Å². The Morgan fingerprint density at radius 1 is 0.967 bits per heavy atom. The van der Waals surface area contributed by atoms with Gasteiger partial charge in [-0.3, -0.25) is 4.79 Å². The van der Waals surface area contributed by atoms with Crippen molar-refractivity contribution in [3.05, 3.63) is 47.5 Å². The number of amides is 1. The lowest BCUT2D eigenvalue weighted by Crippen LogP contribution is -2.24. The molecule has 0 aliphatic heterocycles. The lowest BCUT2D eigenvalue weighted by molar-refractivity contribution is -0.118. The fourth-order valence-corrected chi connectivity index (χ4v) is 3.11. The highest BCUT2D eigenvalue weighted by Crippen LogP contribution is 2.38. The van der Waals surface area contributed by atoms with Gasteiger partial charge in [-0.2, -0.15) is 0 Å². The average Bonchev–Trinajstić information content (AvgIpc) is 2.72. The first-order valence-electron chi connectivity index (χ1n) is 10.5.